The van der Waals surface area contributed by atoms with Crippen molar-refractivity contribution < 1.29 is 44.4 Å². The normalized spacial score (nSPS) is 11.0. The number of fused-ring (bicyclic) bond motifs is 2. The van der Waals surface area contributed by atoms with Crippen molar-refractivity contribution in [3.63, 3.8) is 0 Å². The highest BCUT2D eigenvalue weighted by Gasteiger charge is 2.27. The molecule has 0 saturated carbocycles. The van der Waals surface area contributed by atoms with Crippen molar-refractivity contribution in [2.45, 2.75) is 0 Å². The third-order valence-corrected chi connectivity index (χ3v) is 7.88. The van der Waals surface area contributed by atoms with Gasteiger partial charge in [-0.1, -0.05) is 72.8 Å². The summed E-state index contributed by atoms with van der Waals surface area (Å²) in [6.45, 7) is 0. The summed E-state index contributed by atoms with van der Waals surface area (Å²) in [5.41, 5.74) is 1.16. The van der Waals surface area contributed by atoms with E-state index in [1.54, 1.807) is 48.5 Å². The maximum absolute atomic E-state index is 14.8. The molecule has 0 aliphatic carbocycles. The molecule has 224 valence electrons. The minimum Gasteiger partial charge on any atom is -0.478 e. The van der Waals surface area contributed by atoms with Crippen LogP contribution in [-0.4, -0.2) is 50.1 Å². The monoisotopic (exact) mass is 610 g/mol. The highest BCUT2D eigenvalue weighted by Crippen LogP contribution is 2.40. The van der Waals surface area contributed by atoms with Crippen molar-refractivity contribution in [3.8, 4) is 22.3 Å². The molecule has 46 heavy (non-hydrogen) atoms. The van der Waals surface area contributed by atoms with E-state index in [9.17, 15) is 44.4 Å². The lowest BCUT2D eigenvalue weighted by atomic mass is 9.83. The number of benzene rings is 6. The summed E-state index contributed by atoms with van der Waals surface area (Å²) in [5.74, 6) is -5.55. The van der Waals surface area contributed by atoms with Gasteiger partial charge in [-0.05, 0) is 69.1 Å². The summed E-state index contributed by atoms with van der Waals surface area (Å²) >= 11 is 0. The number of carbonyl (C=O) groups excluding carboxylic acids is 1. The lowest BCUT2D eigenvalue weighted by Gasteiger charge is -2.19. The Bertz CT molecular complexity index is 2100. The van der Waals surface area contributed by atoms with Crippen LogP contribution in [0, 0.1) is 0 Å². The molecule has 0 fully saturated rings. The zero-order valence-electron chi connectivity index (χ0n) is 23.7. The van der Waals surface area contributed by atoms with E-state index in [1.165, 1.54) is 60.7 Å². The first kappa shape index (κ1) is 29.5. The lowest BCUT2D eigenvalue weighted by Crippen LogP contribution is -2.12. The number of carboxylic acids is 4. The fourth-order valence-corrected chi connectivity index (χ4v) is 5.79. The van der Waals surface area contributed by atoms with Crippen molar-refractivity contribution in [1.29, 1.82) is 0 Å². The Morgan fingerprint density at radius 1 is 0.370 bits per heavy atom. The topological polar surface area (TPSA) is 166 Å². The van der Waals surface area contributed by atoms with Crippen LogP contribution in [0.1, 0.15) is 57.4 Å². The zero-order valence-corrected chi connectivity index (χ0v) is 23.7. The number of carboxylic acid groups (broad SMARTS) is 4. The van der Waals surface area contributed by atoms with Crippen molar-refractivity contribution in [1.82, 2.24) is 0 Å². The second-order valence-electron chi connectivity index (χ2n) is 10.5. The van der Waals surface area contributed by atoms with Crippen LogP contribution in [0.2, 0.25) is 0 Å². The van der Waals surface area contributed by atoms with Crippen LogP contribution in [0.3, 0.4) is 0 Å². The van der Waals surface area contributed by atoms with E-state index in [0.29, 0.717) is 43.8 Å². The zero-order chi connectivity index (χ0) is 32.7. The van der Waals surface area contributed by atoms with Crippen molar-refractivity contribution >= 4 is 51.2 Å². The van der Waals surface area contributed by atoms with Crippen molar-refractivity contribution in [2.24, 2.45) is 0 Å². The van der Waals surface area contributed by atoms with E-state index in [1.807, 2.05) is 0 Å². The predicted octanol–water partition coefficient (Wildman–Crippen LogP) is 7.35. The minimum atomic E-state index is -1.28. The number of carbonyl (C=O) groups is 5. The van der Waals surface area contributed by atoms with Gasteiger partial charge in [0.25, 0.3) is 0 Å². The minimum absolute atomic E-state index is 0.0100. The summed E-state index contributed by atoms with van der Waals surface area (Å²) < 4.78 is 0. The second kappa shape index (κ2) is 11.5. The van der Waals surface area contributed by atoms with E-state index in [0.717, 1.165) is 0 Å². The van der Waals surface area contributed by atoms with Gasteiger partial charge in [0.2, 0.25) is 0 Å². The van der Waals surface area contributed by atoms with E-state index < -0.39 is 29.7 Å². The maximum Gasteiger partial charge on any atom is 0.336 e. The molecule has 0 radical (unpaired) electrons. The van der Waals surface area contributed by atoms with Gasteiger partial charge in [-0.25, -0.2) is 19.2 Å². The third-order valence-electron chi connectivity index (χ3n) is 7.88. The van der Waals surface area contributed by atoms with Gasteiger partial charge in [-0.15, -0.1) is 0 Å². The van der Waals surface area contributed by atoms with Gasteiger partial charge < -0.3 is 20.4 Å². The first-order chi connectivity index (χ1) is 22.1. The van der Waals surface area contributed by atoms with E-state index in [2.05, 4.69) is 0 Å². The fraction of sp³-hybridized carbons (Fsp3) is 0. The molecule has 0 aliphatic heterocycles. The summed E-state index contributed by atoms with van der Waals surface area (Å²) in [5, 5.41) is 40.8. The molecule has 0 heterocycles. The number of hydrogen-bond donors (Lipinski definition) is 4. The van der Waals surface area contributed by atoms with Crippen molar-refractivity contribution in [3.05, 3.63) is 143 Å². The molecular formula is C37H22O9. The van der Waals surface area contributed by atoms with Gasteiger partial charge in [-0.3, -0.25) is 4.79 Å². The van der Waals surface area contributed by atoms with Crippen LogP contribution < -0.4 is 0 Å². The average molecular weight is 611 g/mol. The van der Waals surface area contributed by atoms with Crippen LogP contribution >= 0.6 is 0 Å². The van der Waals surface area contributed by atoms with Gasteiger partial charge in [-0.2, -0.15) is 0 Å². The van der Waals surface area contributed by atoms with Crippen LogP contribution in [0.25, 0.3) is 43.8 Å². The Hall–Kier alpha value is -6.61. The SMILES string of the molecule is O=C(O)c1ccc(-c2c(C(=O)c3cc(C(=O)O)c4ccccc4c3-c3ccc(C(=O)O)cc3)cc(C(=O)O)c3ccccc23)cc1. The molecule has 9 nitrogen and oxygen atoms in total. The molecule has 0 bridgehead atoms. The number of ketones is 1. The molecule has 0 spiro atoms. The molecule has 0 atom stereocenters. The standard InChI is InChI=1S/C37H22O9/c38-33(29-17-27(36(43)44)23-5-1-3-7-25(23)31(29)19-9-13-21(14-10-19)34(39)40)30-18-28(37(45)46)24-6-2-4-8-26(24)32(30)20-11-15-22(16-12-20)35(41)42/h1-18H,(H,39,40)(H,41,42)(H,43,44)(H,45,46). The maximum atomic E-state index is 14.8. The molecule has 6 aromatic carbocycles. The average Bonchev–Trinajstić information content (AvgIpc) is 3.06. The van der Waals surface area contributed by atoms with Gasteiger partial charge in [0, 0.05) is 22.3 Å². The molecule has 0 aromatic heterocycles. The molecule has 0 saturated heterocycles. The van der Waals surface area contributed by atoms with E-state index >= 15 is 0 Å². The van der Waals surface area contributed by atoms with Crippen molar-refractivity contribution in [2.75, 3.05) is 0 Å². The first-order valence-corrected chi connectivity index (χ1v) is 13.9. The summed E-state index contributed by atoms with van der Waals surface area (Å²) in [6, 6.07) is 27.3. The molecule has 9 heteroatoms. The Balaban J connectivity index is 1.72. The number of rotatable bonds is 8. The van der Waals surface area contributed by atoms with Gasteiger partial charge in [0.05, 0.1) is 22.3 Å². The number of aromatic carboxylic acids is 4. The summed E-state index contributed by atoms with van der Waals surface area (Å²) in [7, 11) is 0. The quantitative estimate of drug-likeness (QED) is 0.129. The largest absolute Gasteiger partial charge is 0.478 e. The Morgan fingerprint density at radius 3 is 1.00 bits per heavy atom. The molecule has 4 N–H and O–H groups in total. The highest BCUT2D eigenvalue weighted by molar-refractivity contribution is 6.25. The fourth-order valence-electron chi connectivity index (χ4n) is 5.79. The second-order valence-corrected chi connectivity index (χ2v) is 10.5. The molecule has 6 rings (SSSR count). The first-order valence-electron chi connectivity index (χ1n) is 13.9. The highest BCUT2D eigenvalue weighted by atomic mass is 16.4. The van der Waals surface area contributed by atoms with Crippen LogP contribution in [0.5, 0.6) is 0 Å². The number of hydrogen-bond acceptors (Lipinski definition) is 5. The van der Waals surface area contributed by atoms with Crippen LogP contribution in [0.4, 0.5) is 0 Å². The predicted molar refractivity (Wildman–Crippen MR) is 170 cm³/mol. The Morgan fingerprint density at radius 2 is 0.696 bits per heavy atom. The third kappa shape index (κ3) is 5.01. The van der Waals surface area contributed by atoms with Gasteiger partial charge in [0.15, 0.2) is 5.78 Å². The molecular weight excluding hydrogens is 588 g/mol. The Kier molecular flexibility index (Phi) is 7.35. The molecule has 0 amide bonds. The van der Waals surface area contributed by atoms with E-state index in [-0.39, 0.29) is 33.4 Å². The molecule has 6 aromatic rings. The van der Waals surface area contributed by atoms with Gasteiger partial charge >= 0.3 is 23.9 Å². The summed E-state index contributed by atoms with van der Waals surface area (Å²) in [4.78, 5) is 62.9. The van der Waals surface area contributed by atoms with Crippen LogP contribution in [-0.2, 0) is 0 Å². The molecule has 0 aliphatic rings. The smallest absolute Gasteiger partial charge is 0.336 e. The van der Waals surface area contributed by atoms with Gasteiger partial charge in [0.1, 0.15) is 0 Å². The van der Waals surface area contributed by atoms with Crippen LogP contribution in [0.15, 0.2) is 109 Å². The lowest BCUT2D eigenvalue weighted by molar-refractivity contribution is 0.0686. The van der Waals surface area contributed by atoms with E-state index in [4.69, 9.17) is 0 Å². The summed E-state index contributed by atoms with van der Waals surface area (Å²) in [6.07, 6.45) is 0. The Labute approximate surface area is 260 Å². The molecule has 0 unspecified atom stereocenters.